The van der Waals surface area contributed by atoms with Gasteiger partial charge < -0.3 is 20.7 Å². The van der Waals surface area contributed by atoms with E-state index in [4.69, 9.17) is 15.5 Å². The Morgan fingerprint density at radius 2 is 1.89 bits per heavy atom. The van der Waals surface area contributed by atoms with Gasteiger partial charge in [-0.05, 0) is 74.6 Å². The fraction of sp³-hybridized carbons (Fsp3) is 0.467. The number of rotatable bonds is 8. The largest absolute Gasteiger partial charge is 0.497 e. The van der Waals surface area contributed by atoms with E-state index < -0.39 is 0 Å². The number of ether oxygens (including phenoxy) is 1. The number of guanidine groups is 1. The first-order chi connectivity index (χ1) is 17.7. The van der Waals surface area contributed by atoms with E-state index in [1.165, 1.54) is 49.1 Å². The van der Waals surface area contributed by atoms with E-state index in [0.29, 0.717) is 11.9 Å². The van der Waals surface area contributed by atoms with Crippen molar-refractivity contribution >= 4 is 17.4 Å². The average molecular weight is 488 g/mol. The summed E-state index contributed by atoms with van der Waals surface area (Å²) >= 11 is 0. The zero-order valence-corrected chi connectivity index (χ0v) is 21.7. The van der Waals surface area contributed by atoms with Crippen molar-refractivity contribution in [1.29, 1.82) is 0 Å². The van der Waals surface area contributed by atoms with E-state index in [1.807, 2.05) is 12.1 Å². The molecule has 6 heteroatoms. The van der Waals surface area contributed by atoms with Crippen LogP contribution in [0.5, 0.6) is 5.75 Å². The molecular weight excluding hydrogens is 446 g/mol. The number of hydrogen-bond acceptors (Lipinski definition) is 6. The van der Waals surface area contributed by atoms with Gasteiger partial charge in [0.1, 0.15) is 11.6 Å². The summed E-state index contributed by atoms with van der Waals surface area (Å²) in [6.45, 7) is 2.94. The molecule has 0 aromatic heterocycles. The molecule has 1 unspecified atom stereocenters. The van der Waals surface area contributed by atoms with Crippen LogP contribution < -0.4 is 20.7 Å². The highest BCUT2D eigenvalue weighted by Gasteiger charge is 2.17. The number of anilines is 1. The minimum atomic E-state index is 0.362. The lowest BCUT2D eigenvalue weighted by molar-refractivity contribution is 0.389. The monoisotopic (exact) mass is 487 g/mol. The summed E-state index contributed by atoms with van der Waals surface area (Å²) in [4.78, 5) is 11.8. The Morgan fingerprint density at radius 3 is 2.75 bits per heavy atom. The third-order valence-electron chi connectivity index (χ3n) is 7.19. The summed E-state index contributed by atoms with van der Waals surface area (Å²) in [6, 6.07) is 18.8. The lowest BCUT2D eigenvalue weighted by atomic mass is 9.90. The molecule has 0 radical (unpaired) electrons. The summed E-state index contributed by atoms with van der Waals surface area (Å²) in [5.41, 5.74) is 9.93. The Bertz CT molecular complexity index is 1050. The Hall–Kier alpha value is -3.28. The number of methoxy groups -OCH3 is 1. The van der Waals surface area contributed by atoms with Crippen LogP contribution in [0.25, 0.3) is 0 Å². The van der Waals surface area contributed by atoms with E-state index in [9.17, 15) is 0 Å². The summed E-state index contributed by atoms with van der Waals surface area (Å²) in [6.07, 6.45) is 12.4. The Kier molecular flexibility index (Phi) is 9.83. The van der Waals surface area contributed by atoms with Crippen molar-refractivity contribution in [2.24, 2.45) is 21.6 Å². The van der Waals surface area contributed by atoms with Gasteiger partial charge in [-0.25, -0.2) is 4.99 Å². The molecule has 0 bridgehead atoms. The van der Waals surface area contributed by atoms with Crippen LogP contribution in [0.3, 0.4) is 0 Å². The summed E-state index contributed by atoms with van der Waals surface area (Å²) in [5, 5.41) is 3.41. The second kappa shape index (κ2) is 13.7. The van der Waals surface area contributed by atoms with E-state index in [2.05, 4.69) is 63.7 Å². The molecule has 2 aromatic carbocycles. The van der Waals surface area contributed by atoms with E-state index in [1.54, 1.807) is 7.11 Å². The summed E-state index contributed by atoms with van der Waals surface area (Å²) in [7, 11) is 1.73. The fourth-order valence-electron chi connectivity index (χ4n) is 5.09. The van der Waals surface area contributed by atoms with Crippen LogP contribution >= 0.6 is 0 Å². The first-order valence-corrected chi connectivity index (χ1v) is 13.5. The first-order valence-electron chi connectivity index (χ1n) is 13.5. The van der Waals surface area contributed by atoms with Crippen molar-refractivity contribution in [3.05, 3.63) is 72.1 Å². The molecule has 2 heterocycles. The summed E-state index contributed by atoms with van der Waals surface area (Å²) in [5.74, 6) is 2.82. The van der Waals surface area contributed by atoms with Gasteiger partial charge in [-0.3, -0.25) is 0 Å². The van der Waals surface area contributed by atoms with Gasteiger partial charge in [-0.2, -0.15) is 4.99 Å². The van der Waals surface area contributed by atoms with E-state index in [0.717, 1.165) is 56.9 Å². The minimum absolute atomic E-state index is 0.362. The van der Waals surface area contributed by atoms with Crippen molar-refractivity contribution < 1.29 is 4.74 Å². The molecule has 0 amide bonds. The molecule has 2 aromatic rings. The molecule has 2 aliphatic heterocycles. The standard InChI is InChI=1S/C30H41N5O/c1-36-28-15-9-14-27(22-28)35-20-8-7-10-24(19-21-35)17-18-26-13-5-6-16-29(34-30(31)33-26)32-23-25-11-3-2-4-12-25/h2-4,9,11-12,14-16,22,24,32H,5-8,10,13,17-21,23H2,1H3,(H2,31,34)/b29-16+,33-26?. The Balaban J connectivity index is 1.31. The number of benzene rings is 2. The van der Waals surface area contributed by atoms with Crippen LogP contribution in [-0.2, 0) is 6.54 Å². The number of nitrogens with zero attached hydrogens (tertiary/aromatic N) is 3. The van der Waals surface area contributed by atoms with Gasteiger partial charge >= 0.3 is 0 Å². The zero-order chi connectivity index (χ0) is 25.0. The van der Waals surface area contributed by atoms with Crippen LogP contribution in [0, 0.1) is 5.92 Å². The lowest BCUT2D eigenvalue weighted by Crippen LogP contribution is -2.29. The van der Waals surface area contributed by atoms with E-state index in [-0.39, 0.29) is 0 Å². The van der Waals surface area contributed by atoms with Crippen molar-refractivity contribution in [3.63, 3.8) is 0 Å². The Morgan fingerprint density at radius 1 is 1.00 bits per heavy atom. The van der Waals surface area contributed by atoms with Gasteiger partial charge in [0.2, 0.25) is 5.96 Å². The molecule has 2 aliphatic rings. The predicted molar refractivity (Wildman–Crippen MR) is 151 cm³/mol. The van der Waals surface area contributed by atoms with Crippen LogP contribution in [-0.4, -0.2) is 31.9 Å². The maximum atomic E-state index is 6.25. The van der Waals surface area contributed by atoms with Crippen molar-refractivity contribution in [1.82, 2.24) is 5.32 Å². The van der Waals surface area contributed by atoms with Crippen LogP contribution in [0.2, 0.25) is 0 Å². The molecule has 6 nitrogen and oxygen atoms in total. The molecule has 0 spiro atoms. The van der Waals surface area contributed by atoms with Gasteiger partial charge in [-0.15, -0.1) is 0 Å². The minimum Gasteiger partial charge on any atom is -0.497 e. The normalized spacial score (nSPS) is 20.9. The highest BCUT2D eigenvalue weighted by atomic mass is 16.5. The molecule has 1 atom stereocenters. The summed E-state index contributed by atoms with van der Waals surface area (Å²) < 4.78 is 5.44. The lowest BCUT2D eigenvalue weighted by Gasteiger charge is -2.30. The van der Waals surface area contributed by atoms with Gasteiger partial charge in [0.05, 0.1) is 7.11 Å². The van der Waals surface area contributed by atoms with Crippen LogP contribution in [0.4, 0.5) is 5.69 Å². The van der Waals surface area contributed by atoms with Crippen molar-refractivity contribution in [3.8, 4) is 5.75 Å². The topological polar surface area (TPSA) is 75.2 Å². The number of nitrogens with one attached hydrogen (secondary N) is 1. The second-order valence-electron chi connectivity index (χ2n) is 9.85. The van der Waals surface area contributed by atoms with Gasteiger partial charge in [0.15, 0.2) is 0 Å². The third-order valence-corrected chi connectivity index (χ3v) is 7.19. The average Bonchev–Trinajstić information content (AvgIpc) is 2.97. The maximum Gasteiger partial charge on any atom is 0.221 e. The van der Waals surface area contributed by atoms with Gasteiger partial charge in [0, 0.05) is 37.1 Å². The van der Waals surface area contributed by atoms with Gasteiger partial charge in [0.25, 0.3) is 0 Å². The highest BCUT2D eigenvalue weighted by molar-refractivity contribution is 5.96. The molecule has 1 saturated heterocycles. The number of aliphatic imine (C=N–C) groups is 2. The molecule has 4 rings (SSSR count). The third kappa shape index (κ3) is 8.14. The van der Waals surface area contributed by atoms with Crippen molar-refractivity contribution in [2.75, 3.05) is 25.1 Å². The molecule has 1 fully saturated rings. The molecule has 36 heavy (non-hydrogen) atoms. The van der Waals surface area contributed by atoms with E-state index >= 15 is 0 Å². The molecule has 192 valence electrons. The van der Waals surface area contributed by atoms with Gasteiger partial charge in [-0.1, -0.05) is 49.2 Å². The quantitative estimate of drug-likeness (QED) is 0.476. The Labute approximate surface area is 216 Å². The highest BCUT2D eigenvalue weighted by Crippen LogP contribution is 2.27. The molecule has 0 saturated carbocycles. The van der Waals surface area contributed by atoms with Crippen LogP contribution in [0.15, 0.2) is 76.5 Å². The molecular formula is C30H41N5O. The molecule has 3 N–H and O–H groups in total. The first kappa shape index (κ1) is 25.8. The number of nitrogens with two attached hydrogens (primary N) is 1. The van der Waals surface area contributed by atoms with Crippen LogP contribution in [0.1, 0.15) is 63.4 Å². The molecule has 0 aliphatic carbocycles. The SMILES string of the molecule is COc1cccc(N2CCCCC(CCC3=NC(N)=N/C(NCc4ccccc4)=C/CCC3)CC2)c1. The maximum absolute atomic E-state index is 6.25. The van der Waals surface area contributed by atoms with Crippen molar-refractivity contribution in [2.45, 2.75) is 64.3 Å². The number of allylic oxidation sites excluding steroid dienone is 1. The second-order valence-corrected chi connectivity index (χ2v) is 9.85. The zero-order valence-electron chi connectivity index (χ0n) is 21.7. The number of hydrogen-bond donors (Lipinski definition) is 2. The smallest absolute Gasteiger partial charge is 0.221 e. The predicted octanol–water partition coefficient (Wildman–Crippen LogP) is 6.04. The fourth-order valence-corrected chi connectivity index (χ4v) is 5.09.